The van der Waals surface area contributed by atoms with Crippen LogP contribution in [0.5, 0.6) is 0 Å². The quantitative estimate of drug-likeness (QED) is 0.333. The lowest BCUT2D eigenvalue weighted by atomic mass is 10.1. The van der Waals surface area contributed by atoms with Crippen LogP contribution in [-0.4, -0.2) is 29.7 Å². The Morgan fingerprint density at radius 3 is 2.54 bits per heavy atom. The summed E-state index contributed by atoms with van der Waals surface area (Å²) in [5.74, 6) is 0.846. The van der Waals surface area contributed by atoms with E-state index in [0.717, 1.165) is 25.6 Å². The van der Waals surface area contributed by atoms with Crippen molar-refractivity contribution in [1.29, 1.82) is 0 Å². The van der Waals surface area contributed by atoms with E-state index in [0.29, 0.717) is 13.2 Å². The number of aromatic nitrogens is 1. The Hall–Kier alpha value is -1.54. The molecule has 0 amide bonds. The van der Waals surface area contributed by atoms with Crippen molar-refractivity contribution in [2.24, 2.45) is 4.99 Å². The van der Waals surface area contributed by atoms with Crippen LogP contribution in [0.2, 0.25) is 0 Å². The van der Waals surface area contributed by atoms with E-state index in [9.17, 15) is 0 Å². The lowest BCUT2D eigenvalue weighted by Crippen LogP contribution is -2.38. The molecule has 5 nitrogen and oxygen atoms in total. The maximum absolute atomic E-state index is 5.67. The molecule has 6 heteroatoms. The van der Waals surface area contributed by atoms with Crippen molar-refractivity contribution in [2.45, 2.75) is 46.6 Å². The van der Waals surface area contributed by atoms with Crippen LogP contribution in [0.25, 0.3) is 0 Å². The summed E-state index contributed by atoms with van der Waals surface area (Å²) in [5.41, 5.74) is 2.37. The van der Waals surface area contributed by atoms with Gasteiger partial charge in [-0.3, -0.25) is 0 Å². The second-order valence-electron chi connectivity index (χ2n) is 6.22. The maximum atomic E-state index is 5.67. The lowest BCUT2D eigenvalue weighted by molar-refractivity contribution is 0.0657. The number of nitrogens with one attached hydrogen (secondary N) is 2. The van der Waals surface area contributed by atoms with Crippen molar-refractivity contribution in [2.75, 3.05) is 13.1 Å². The number of hydrogen-bond acceptors (Lipinski definition) is 2. The minimum atomic E-state index is 0. The molecular formula is C20H31IN4O. The van der Waals surface area contributed by atoms with E-state index in [-0.39, 0.29) is 30.1 Å². The zero-order chi connectivity index (χ0) is 17.9. The van der Waals surface area contributed by atoms with Crippen LogP contribution in [0.3, 0.4) is 0 Å². The predicted molar refractivity (Wildman–Crippen MR) is 119 cm³/mol. The van der Waals surface area contributed by atoms with Gasteiger partial charge >= 0.3 is 0 Å². The highest BCUT2D eigenvalue weighted by atomic mass is 127. The Labute approximate surface area is 174 Å². The van der Waals surface area contributed by atoms with E-state index in [1.807, 2.05) is 12.1 Å². The number of nitrogens with zero attached hydrogens (tertiary/aromatic N) is 2. The van der Waals surface area contributed by atoms with Crippen LogP contribution >= 0.6 is 24.0 Å². The van der Waals surface area contributed by atoms with Gasteiger partial charge in [0.25, 0.3) is 0 Å². The van der Waals surface area contributed by atoms with Crippen molar-refractivity contribution >= 4 is 29.9 Å². The van der Waals surface area contributed by atoms with E-state index >= 15 is 0 Å². The number of hydrogen-bond donors (Lipinski definition) is 2. The number of rotatable bonds is 9. The maximum Gasteiger partial charge on any atom is 0.191 e. The Morgan fingerprint density at radius 2 is 1.85 bits per heavy atom. The van der Waals surface area contributed by atoms with Gasteiger partial charge in [-0.05, 0) is 44.0 Å². The van der Waals surface area contributed by atoms with Gasteiger partial charge in [0.1, 0.15) is 0 Å². The summed E-state index contributed by atoms with van der Waals surface area (Å²) in [6.45, 7) is 10.1. The zero-order valence-corrected chi connectivity index (χ0v) is 18.3. The lowest BCUT2D eigenvalue weighted by Gasteiger charge is -2.12. The zero-order valence-electron chi connectivity index (χ0n) is 15.9. The molecule has 0 aliphatic rings. The molecule has 0 bridgehead atoms. The fraction of sp³-hybridized carbons (Fsp3) is 0.450. The van der Waals surface area contributed by atoms with Crippen molar-refractivity contribution < 1.29 is 4.74 Å². The molecule has 1 aromatic heterocycles. The number of ether oxygens (including phenoxy) is 1. The molecule has 26 heavy (non-hydrogen) atoms. The first kappa shape index (κ1) is 22.5. The van der Waals surface area contributed by atoms with Crippen LogP contribution < -0.4 is 10.6 Å². The molecule has 0 spiro atoms. The van der Waals surface area contributed by atoms with Gasteiger partial charge in [-0.15, -0.1) is 24.0 Å². The Kier molecular flexibility index (Phi) is 11.0. The first-order chi connectivity index (χ1) is 12.2. The van der Waals surface area contributed by atoms with Crippen LogP contribution in [0.1, 0.15) is 31.9 Å². The summed E-state index contributed by atoms with van der Waals surface area (Å²) in [5, 5.41) is 6.67. The van der Waals surface area contributed by atoms with Crippen LogP contribution in [0, 0.1) is 0 Å². The van der Waals surface area contributed by atoms with E-state index in [4.69, 9.17) is 4.74 Å². The summed E-state index contributed by atoms with van der Waals surface area (Å²) in [6.07, 6.45) is 4.37. The van der Waals surface area contributed by atoms with Crippen molar-refractivity contribution in [3.63, 3.8) is 0 Å². The first-order valence-electron chi connectivity index (χ1n) is 8.99. The highest BCUT2D eigenvalue weighted by molar-refractivity contribution is 14.0. The minimum Gasteiger partial charge on any atom is -0.374 e. The Bertz CT molecular complexity index is 641. The number of aliphatic imine (C=N–C) groups is 1. The average Bonchev–Trinajstić information content (AvgIpc) is 3.12. The molecule has 2 rings (SSSR count). The summed E-state index contributed by atoms with van der Waals surface area (Å²) < 4.78 is 7.82. The second kappa shape index (κ2) is 12.8. The Balaban J connectivity index is 0.00000338. The first-order valence-corrected chi connectivity index (χ1v) is 8.99. The third-order valence-electron chi connectivity index (χ3n) is 3.67. The molecule has 0 fully saturated rings. The molecule has 0 atom stereocenters. The number of guanidine groups is 1. The van der Waals surface area contributed by atoms with Crippen LogP contribution in [0.15, 0.2) is 53.8 Å². The molecular weight excluding hydrogens is 439 g/mol. The second-order valence-corrected chi connectivity index (χ2v) is 6.22. The molecule has 2 aromatic rings. The van der Waals surface area contributed by atoms with Gasteiger partial charge in [0.05, 0.1) is 19.3 Å². The van der Waals surface area contributed by atoms with Gasteiger partial charge in [0.15, 0.2) is 5.96 Å². The molecule has 1 heterocycles. The number of benzene rings is 1. The molecule has 0 saturated carbocycles. The smallest absolute Gasteiger partial charge is 0.191 e. The third-order valence-corrected chi connectivity index (χ3v) is 3.67. The summed E-state index contributed by atoms with van der Waals surface area (Å²) in [7, 11) is 0. The Morgan fingerprint density at radius 1 is 1.12 bits per heavy atom. The predicted octanol–water partition coefficient (Wildman–Crippen LogP) is 3.79. The minimum absolute atomic E-state index is 0. The van der Waals surface area contributed by atoms with Gasteiger partial charge < -0.3 is 19.9 Å². The third kappa shape index (κ3) is 8.71. The summed E-state index contributed by atoms with van der Waals surface area (Å²) in [4.78, 5) is 4.68. The normalized spacial score (nSPS) is 11.3. The van der Waals surface area contributed by atoms with E-state index in [2.05, 4.69) is 77.6 Å². The van der Waals surface area contributed by atoms with Gasteiger partial charge in [-0.2, -0.15) is 0 Å². The summed E-state index contributed by atoms with van der Waals surface area (Å²) in [6, 6.07) is 12.5. The molecule has 0 aliphatic heterocycles. The molecule has 1 aromatic carbocycles. The van der Waals surface area contributed by atoms with E-state index in [1.165, 1.54) is 11.1 Å². The SMILES string of the molecule is CCNC(=NCc1cccc(COC(C)C)c1)NCCn1cccc1.I. The van der Waals surface area contributed by atoms with Crippen LogP contribution in [0.4, 0.5) is 0 Å². The molecule has 0 unspecified atom stereocenters. The fourth-order valence-electron chi connectivity index (χ4n) is 2.42. The summed E-state index contributed by atoms with van der Waals surface area (Å²) >= 11 is 0. The van der Waals surface area contributed by atoms with Gasteiger partial charge in [0, 0.05) is 32.0 Å². The number of halogens is 1. The van der Waals surface area contributed by atoms with Gasteiger partial charge in [-0.1, -0.05) is 24.3 Å². The van der Waals surface area contributed by atoms with Crippen molar-refractivity contribution in [1.82, 2.24) is 15.2 Å². The van der Waals surface area contributed by atoms with Crippen molar-refractivity contribution in [3.05, 3.63) is 59.9 Å². The molecule has 0 aliphatic carbocycles. The van der Waals surface area contributed by atoms with Crippen molar-refractivity contribution in [3.8, 4) is 0 Å². The van der Waals surface area contributed by atoms with E-state index in [1.54, 1.807) is 0 Å². The van der Waals surface area contributed by atoms with Crippen LogP contribution in [-0.2, 0) is 24.4 Å². The molecule has 144 valence electrons. The van der Waals surface area contributed by atoms with E-state index < -0.39 is 0 Å². The largest absolute Gasteiger partial charge is 0.374 e. The van der Waals surface area contributed by atoms with Gasteiger partial charge in [-0.25, -0.2) is 4.99 Å². The fourth-order valence-corrected chi connectivity index (χ4v) is 2.42. The monoisotopic (exact) mass is 470 g/mol. The molecule has 0 saturated heterocycles. The highest BCUT2D eigenvalue weighted by Gasteiger charge is 2.00. The standard InChI is InChI=1S/C20H30N4O.HI/c1-4-21-20(22-10-13-24-11-5-6-12-24)23-15-18-8-7-9-19(14-18)16-25-17(2)3;/h5-9,11-12,14,17H,4,10,13,15-16H2,1-3H3,(H2,21,22,23);1H. The van der Waals surface area contributed by atoms with Gasteiger partial charge in [0.2, 0.25) is 0 Å². The highest BCUT2D eigenvalue weighted by Crippen LogP contribution is 2.09. The molecule has 0 radical (unpaired) electrons. The topological polar surface area (TPSA) is 50.6 Å². The molecule has 2 N–H and O–H groups in total. The average molecular weight is 470 g/mol.